The number of azo groups is 1. The molecule has 0 saturated carbocycles. The molecule has 0 radical (unpaired) electrons. The summed E-state index contributed by atoms with van der Waals surface area (Å²) in [6.45, 7) is 4.37. The molecular formula is C25H21FN7Na3O12S4. The van der Waals surface area contributed by atoms with Crippen molar-refractivity contribution in [3.63, 3.8) is 0 Å². The first-order valence-electron chi connectivity index (χ1n) is 13.0. The number of phenols is 1. The summed E-state index contributed by atoms with van der Waals surface area (Å²) >= 11 is 0. The SMILES string of the molecule is C=CS(=O)(=O)CCN(C)c1nc(F)nc(Nc2ccc3c(O)c(N=Nc4ccc(C)cc4S(=O)(=O)[O-])c(S(=O)(=O)[O-])cc3c2S(=O)(=O)[O-])n1.[Na+].[Na+].[Na+]. The average molecular weight is 828 g/mol. The first-order chi connectivity index (χ1) is 22.5. The number of sulfone groups is 1. The number of halogens is 1. The molecule has 4 aromatic rings. The molecule has 4 rings (SSSR count). The number of anilines is 3. The molecule has 0 unspecified atom stereocenters. The van der Waals surface area contributed by atoms with Gasteiger partial charge >= 0.3 is 94.8 Å². The molecule has 0 aliphatic heterocycles. The maximum absolute atomic E-state index is 14.4. The fourth-order valence-electron chi connectivity index (χ4n) is 4.19. The Kier molecular flexibility index (Phi) is 17.0. The Bertz CT molecular complexity index is 2510. The minimum Gasteiger partial charge on any atom is -0.744 e. The second-order valence-corrected chi connectivity index (χ2v) is 16.0. The van der Waals surface area contributed by atoms with E-state index in [1.807, 2.05) is 0 Å². The van der Waals surface area contributed by atoms with Gasteiger partial charge in [0.2, 0.25) is 11.9 Å². The van der Waals surface area contributed by atoms with Gasteiger partial charge in [-0.15, -0.1) is 10.2 Å². The van der Waals surface area contributed by atoms with Crippen LogP contribution in [0.1, 0.15) is 5.56 Å². The third-order valence-corrected chi connectivity index (χ3v) is 10.4. The number of benzene rings is 3. The van der Waals surface area contributed by atoms with Gasteiger partial charge in [-0.1, -0.05) is 12.6 Å². The zero-order valence-corrected chi connectivity index (χ0v) is 37.1. The number of nitrogens with zero attached hydrogens (tertiary/aromatic N) is 6. The van der Waals surface area contributed by atoms with Gasteiger partial charge in [-0.3, -0.25) is 0 Å². The number of aryl methyl sites for hydroxylation is 1. The molecule has 262 valence electrons. The van der Waals surface area contributed by atoms with Crippen LogP contribution in [-0.4, -0.2) is 86.7 Å². The third kappa shape index (κ3) is 11.6. The van der Waals surface area contributed by atoms with Gasteiger partial charge in [-0.2, -0.15) is 19.3 Å². The van der Waals surface area contributed by atoms with Gasteiger partial charge in [0.05, 0.1) is 26.1 Å². The van der Waals surface area contributed by atoms with Gasteiger partial charge in [0.1, 0.15) is 41.7 Å². The summed E-state index contributed by atoms with van der Waals surface area (Å²) in [5.41, 5.74) is -2.07. The number of fused-ring (bicyclic) bond motifs is 1. The fraction of sp³-hybridized carbons (Fsp3) is 0.160. The van der Waals surface area contributed by atoms with Crippen molar-refractivity contribution in [3.05, 3.63) is 60.0 Å². The summed E-state index contributed by atoms with van der Waals surface area (Å²) in [7, 11) is -18.8. The smallest absolute Gasteiger partial charge is 0.744 e. The summed E-state index contributed by atoms with van der Waals surface area (Å²) in [4.78, 5) is 8.24. The van der Waals surface area contributed by atoms with E-state index in [1.165, 1.54) is 20.0 Å². The summed E-state index contributed by atoms with van der Waals surface area (Å²) < 4.78 is 147. The maximum Gasteiger partial charge on any atom is 1.00 e. The molecule has 3 aromatic carbocycles. The molecule has 0 amide bonds. The summed E-state index contributed by atoms with van der Waals surface area (Å²) in [6.07, 6.45) is -1.42. The van der Waals surface area contributed by atoms with E-state index in [9.17, 15) is 56.8 Å². The van der Waals surface area contributed by atoms with E-state index in [-0.39, 0.29) is 95.2 Å². The number of aromatic hydroxyl groups is 1. The molecular weight excluding hydrogens is 807 g/mol. The molecule has 2 N–H and O–H groups in total. The Labute approximate surface area is 363 Å². The number of phenolic OH excluding ortho intramolecular Hbond substituents is 1. The molecule has 0 bridgehead atoms. The zero-order valence-electron chi connectivity index (χ0n) is 27.8. The molecule has 0 fully saturated rings. The van der Waals surface area contributed by atoms with E-state index in [2.05, 4.69) is 37.1 Å². The Hall–Kier alpha value is -1.72. The van der Waals surface area contributed by atoms with E-state index >= 15 is 0 Å². The third-order valence-electron chi connectivity index (χ3n) is 6.50. The first-order valence-corrected chi connectivity index (χ1v) is 18.9. The van der Waals surface area contributed by atoms with Crippen molar-refractivity contribution in [2.75, 3.05) is 29.6 Å². The quantitative estimate of drug-likeness (QED) is 0.0762. The van der Waals surface area contributed by atoms with Crippen molar-refractivity contribution in [1.29, 1.82) is 0 Å². The van der Waals surface area contributed by atoms with E-state index in [4.69, 9.17) is 0 Å². The van der Waals surface area contributed by atoms with Crippen LogP contribution in [0.2, 0.25) is 0 Å². The fourth-order valence-corrected chi connectivity index (χ4v) is 7.04. The second kappa shape index (κ2) is 18.3. The normalized spacial score (nSPS) is 12.0. The van der Waals surface area contributed by atoms with Gasteiger partial charge in [0, 0.05) is 29.8 Å². The molecule has 0 spiro atoms. The Morgan fingerprint density at radius 2 is 1.48 bits per heavy atom. The molecule has 1 heterocycles. The molecule has 0 saturated heterocycles. The van der Waals surface area contributed by atoms with Crippen LogP contribution in [0.25, 0.3) is 10.8 Å². The first kappa shape index (κ1) is 48.3. The predicted octanol–water partition coefficient (Wildman–Crippen LogP) is -6.94. The minimum atomic E-state index is -5.67. The summed E-state index contributed by atoms with van der Waals surface area (Å²) in [5.74, 6) is -2.81. The van der Waals surface area contributed by atoms with Crippen LogP contribution in [0.4, 0.5) is 33.3 Å². The maximum atomic E-state index is 14.4. The predicted molar refractivity (Wildman–Crippen MR) is 165 cm³/mol. The largest absolute Gasteiger partial charge is 1.00 e. The van der Waals surface area contributed by atoms with Crippen molar-refractivity contribution in [3.8, 4) is 5.75 Å². The summed E-state index contributed by atoms with van der Waals surface area (Å²) in [5, 5.41) is 19.6. The average Bonchev–Trinajstić information content (AvgIpc) is 2.97. The van der Waals surface area contributed by atoms with Crippen molar-refractivity contribution in [2.45, 2.75) is 21.6 Å². The number of aromatic nitrogens is 3. The Balaban J connectivity index is 0.00000451. The van der Waals surface area contributed by atoms with Gasteiger partial charge < -0.3 is 29.0 Å². The van der Waals surface area contributed by atoms with Crippen LogP contribution in [-0.2, 0) is 40.2 Å². The monoisotopic (exact) mass is 827 g/mol. The summed E-state index contributed by atoms with van der Waals surface area (Å²) in [6, 6.07) is 5.48. The molecule has 1 aromatic heterocycles. The molecule has 0 aliphatic carbocycles. The Morgan fingerprint density at radius 1 is 0.865 bits per heavy atom. The van der Waals surface area contributed by atoms with E-state index in [0.717, 1.165) is 29.2 Å². The topological polar surface area (TPSA) is 305 Å². The van der Waals surface area contributed by atoms with E-state index in [0.29, 0.717) is 17.0 Å². The zero-order chi connectivity index (χ0) is 36.7. The van der Waals surface area contributed by atoms with Crippen LogP contribution in [0.3, 0.4) is 0 Å². The standard InChI is InChI=1S/C25H24FN7O12S4.3Na/c1-4-46(35,36)10-9-33(3)25-29-23(26)28-24(30-25)27-17-8-6-14-15(22(17)49(43,44)45)12-19(48(40,41)42)20(21(14)34)32-31-16-7-5-13(2)11-18(16)47(37,38)39;;;/h4-8,11-12,34H,1,9-10H2,2-3H3,(H,37,38,39)(H,40,41,42)(H,43,44,45)(H,27,28,29,30);;;/q;3*+1/p-3. The molecule has 0 atom stereocenters. The van der Waals surface area contributed by atoms with Crippen molar-refractivity contribution in [2.24, 2.45) is 10.2 Å². The van der Waals surface area contributed by atoms with Gasteiger partial charge in [-0.25, -0.2) is 33.7 Å². The molecule has 27 heteroatoms. The molecule has 19 nitrogen and oxygen atoms in total. The number of hydrogen-bond donors (Lipinski definition) is 2. The second-order valence-electron chi connectivity index (χ2n) is 9.95. The van der Waals surface area contributed by atoms with Crippen LogP contribution >= 0.6 is 0 Å². The van der Waals surface area contributed by atoms with E-state index < -0.39 is 112 Å². The van der Waals surface area contributed by atoms with Gasteiger partial charge in [-0.05, 0) is 42.8 Å². The Morgan fingerprint density at radius 3 is 2.04 bits per heavy atom. The van der Waals surface area contributed by atoms with E-state index in [1.54, 1.807) is 0 Å². The number of hydrogen-bond acceptors (Lipinski definition) is 19. The number of rotatable bonds is 12. The van der Waals surface area contributed by atoms with Gasteiger partial charge in [0.15, 0.2) is 15.6 Å². The molecule has 52 heavy (non-hydrogen) atoms. The van der Waals surface area contributed by atoms with Crippen molar-refractivity contribution in [1.82, 2.24) is 15.0 Å². The molecule has 0 aliphatic rings. The van der Waals surface area contributed by atoms with Crippen LogP contribution in [0, 0.1) is 13.0 Å². The van der Waals surface area contributed by atoms with Crippen LogP contribution in [0.15, 0.2) is 73.3 Å². The van der Waals surface area contributed by atoms with Crippen LogP contribution in [0.5, 0.6) is 5.75 Å². The van der Waals surface area contributed by atoms with Crippen molar-refractivity contribution < 1.29 is 145 Å². The van der Waals surface area contributed by atoms with Crippen LogP contribution < -0.4 is 98.9 Å². The van der Waals surface area contributed by atoms with Crippen molar-refractivity contribution >= 4 is 79.9 Å². The number of nitrogens with one attached hydrogen (secondary N) is 1. The van der Waals surface area contributed by atoms with Gasteiger partial charge in [0.25, 0.3) is 0 Å². The minimum absolute atomic E-state index is 0.